The molecule has 0 saturated heterocycles. The van der Waals surface area contributed by atoms with Crippen LogP contribution in [0.15, 0.2) is 30.3 Å². The second-order valence-electron chi connectivity index (χ2n) is 3.80. The van der Waals surface area contributed by atoms with Gasteiger partial charge in [0.25, 0.3) is 0 Å². The number of hydrogen-bond donors (Lipinski definition) is 2. The number of carboxylic acid groups (broad SMARTS) is 1. The van der Waals surface area contributed by atoms with Gasteiger partial charge in [0.05, 0.1) is 6.54 Å². The molecule has 0 spiro atoms. The Morgan fingerprint density at radius 3 is 2.53 bits per heavy atom. The van der Waals surface area contributed by atoms with Crippen molar-refractivity contribution in [3.8, 4) is 0 Å². The largest absolute Gasteiger partial charge is 0.480 e. The molecule has 5 heteroatoms. The Labute approximate surface area is 100 Å². The highest BCUT2D eigenvalue weighted by atomic mass is 16.4. The number of anilines is 1. The van der Waals surface area contributed by atoms with Gasteiger partial charge in [-0.1, -0.05) is 18.2 Å². The standard InChI is InChI=1S/C12H16N2O3/c1-14(9-12(16)17)8-7-11(15)13-10-5-3-2-4-6-10/h2-6H,7-9H2,1H3,(H,13,15)(H,16,17). The third-order valence-electron chi connectivity index (χ3n) is 2.18. The first kappa shape index (κ1) is 13.2. The van der Waals surface area contributed by atoms with Gasteiger partial charge in [0.1, 0.15) is 0 Å². The summed E-state index contributed by atoms with van der Waals surface area (Å²) in [6, 6.07) is 9.16. The first-order valence-electron chi connectivity index (χ1n) is 5.33. The summed E-state index contributed by atoms with van der Waals surface area (Å²) < 4.78 is 0. The normalized spacial score (nSPS) is 10.2. The van der Waals surface area contributed by atoms with Gasteiger partial charge in [0.2, 0.25) is 5.91 Å². The van der Waals surface area contributed by atoms with Crippen LogP contribution in [0.25, 0.3) is 0 Å². The number of nitrogens with one attached hydrogen (secondary N) is 1. The van der Waals surface area contributed by atoms with Gasteiger partial charge in [0, 0.05) is 18.7 Å². The van der Waals surface area contributed by atoms with E-state index in [1.807, 2.05) is 18.2 Å². The maximum atomic E-state index is 11.5. The van der Waals surface area contributed by atoms with Gasteiger partial charge in [-0.05, 0) is 19.2 Å². The molecule has 0 bridgehead atoms. The highest BCUT2D eigenvalue weighted by Gasteiger charge is 2.07. The molecule has 92 valence electrons. The molecule has 0 aliphatic heterocycles. The van der Waals surface area contributed by atoms with Gasteiger partial charge in [-0.25, -0.2) is 0 Å². The van der Waals surface area contributed by atoms with Crippen LogP contribution in [-0.2, 0) is 9.59 Å². The Kier molecular flexibility index (Phi) is 5.16. The summed E-state index contributed by atoms with van der Waals surface area (Å²) in [4.78, 5) is 23.5. The summed E-state index contributed by atoms with van der Waals surface area (Å²) in [6.07, 6.45) is 0.276. The van der Waals surface area contributed by atoms with E-state index in [0.717, 1.165) is 5.69 Å². The molecule has 17 heavy (non-hydrogen) atoms. The Morgan fingerprint density at radius 1 is 1.29 bits per heavy atom. The number of aliphatic carboxylic acids is 1. The zero-order chi connectivity index (χ0) is 12.7. The molecule has 0 aliphatic rings. The molecule has 0 radical (unpaired) electrons. The van der Waals surface area contributed by atoms with Crippen molar-refractivity contribution < 1.29 is 14.7 Å². The Hall–Kier alpha value is -1.88. The minimum absolute atomic E-state index is 0.0569. The summed E-state index contributed by atoms with van der Waals surface area (Å²) in [5, 5.41) is 11.3. The van der Waals surface area contributed by atoms with Crippen LogP contribution in [0, 0.1) is 0 Å². The fourth-order valence-corrected chi connectivity index (χ4v) is 1.35. The van der Waals surface area contributed by atoms with Crippen LogP contribution in [0.5, 0.6) is 0 Å². The second-order valence-corrected chi connectivity index (χ2v) is 3.80. The van der Waals surface area contributed by atoms with Gasteiger partial charge in [0.15, 0.2) is 0 Å². The van der Waals surface area contributed by atoms with Gasteiger partial charge >= 0.3 is 5.97 Å². The number of nitrogens with zero attached hydrogens (tertiary/aromatic N) is 1. The molecule has 1 amide bonds. The average molecular weight is 236 g/mol. The summed E-state index contributed by atoms with van der Waals surface area (Å²) in [5.41, 5.74) is 0.749. The van der Waals surface area contributed by atoms with Crippen molar-refractivity contribution in [3.05, 3.63) is 30.3 Å². The van der Waals surface area contributed by atoms with Crippen LogP contribution in [0.1, 0.15) is 6.42 Å². The fraction of sp³-hybridized carbons (Fsp3) is 0.333. The molecule has 0 aliphatic carbocycles. The number of carbonyl (C=O) groups excluding carboxylic acids is 1. The lowest BCUT2D eigenvalue weighted by atomic mass is 10.3. The predicted octanol–water partition coefficient (Wildman–Crippen LogP) is 1.03. The summed E-state index contributed by atoms with van der Waals surface area (Å²) in [7, 11) is 1.67. The topological polar surface area (TPSA) is 69.6 Å². The van der Waals surface area contributed by atoms with Gasteiger partial charge < -0.3 is 10.4 Å². The van der Waals surface area contributed by atoms with Crippen LogP contribution >= 0.6 is 0 Å². The average Bonchev–Trinajstić information content (AvgIpc) is 2.27. The van der Waals surface area contributed by atoms with Crippen molar-refractivity contribution in [3.63, 3.8) is 0 Å². The summed E-state index contributed by atoms with van der Waals surface area (Å²) in [6.45, 7) is 0.365. The molecule has 0 fully saturated rings. The minimum atomic E-state index is -0.893. The maximum Gasteiger partial charge on any atom is 0.317 e. The third kappa shape index (κ3) is 5.67. The second kappa shape index (κ2) is 6.65. The van der Waals surface area contributed by atoms with Crippen LogP contribution in [0.4, 0.5) is 5.69 Å². The number of carboxylic acids is 1. The van der Waals surface area contributed by atoms with Crippen molar-refractivity contribution in [1.29, 1.82) is 0 Å². The van der Waals surface area contributed by atoms with Gasteiger partial charge in [-0.15, -0.1) is 0 Å². The number of amides is 1. The van der Waals surface area contributed by atoms with E-state index < -0.39 is 5.97 Å². The van der Waals surface area contributed by atoms with Crippen LogP contribution < -0.4 is 5.32 Å². The predicted molar refractivity (Wildman–Crippen MR) is 64.8 cm³/mol. The molecule has 5 nitrogen and oxygen atoms in total. The number of likely N-dealkylation sites (N-methyl/N-ethyl adjacent to an activating group) is 1. The van der Waals surface area contributed by atoms with Gasteiger partial charge in [-0.2, -0.15) is 0 Å². The maximum absolute atomic E-state index is 11.5. The van der Waals surface area contributed by atoms with E-state index in [9.17, 15) is 9.59 Å². The molecule has 0 atom stereocenters. The van der Waals surface area contributed by atoms with Crippen LogP contribution in [-0.4, -0.2) is 42.0 Å². The quantitative estimate of drug-likeness (QED) is 0.774. The lowest BCUT2D eigenvalue weighted by Crippen LogP contribution is -2.29. The van der Waals surface area contributed by atoms with Crippen LogP contribution in [0.2, 0.25) is 0 Å². The smallest absolute Gasteiger partial charge is 0.317 e. The van der Waals surface area contributed by atoms with Crippen molar-refractivity contribution >= 4 is 17.6 Å². The number of rotatable bonds is 6. The Bertz CT molecular complexity index is 379. The SMILES string of the molecule is CN(CCC(=O)Nc1ccccc1)CC(=O)O. The van der Waals surface area contributed by atoms with Gasteiger partial charge in [-0.3, -0.25) is 14.5 Å². The number of hydrogen-bond acceptors (Lipinski definition) is 3. The monoisotopic (exact) mass is 236 g/mol. The van der Waals surface area contributed by atoms with Crippen molar-refractivity contribution in [1.82, 2.24) is 4.90 Å². The molecule has 0 unspecified atom stereocenters. The first-order valence-corrected chi connectivity index (χ1v) is 5.33. The van der Waals surface area contributed by atoms with Crippen molar-refractivity contribution in [2.75, 3.05) is 25.5 Å². The minimum Gasteiger partial charge on any atom is -0.480 e. The molecule has 1 aromatic rings. The molecule has 0 aromatic heterocycles. The fourth-order valence-electron chi connectivity index (χ4n) is 1.35. The van der Waals surface area contributed by atoms with E-state index in [1.165, 1.54) is 0 Å². The van der Waals surface area contributed by atoms with Crippen LogP contribution in [0.3, 0.4) is 0 Å². The molecule has 0 saturated carbocycles. The molecule has 2 N–H and O–H groups in total. The lowest BCUT2D eigenvalue weighted by molar-refractivity contribution is -0.138. The molecule has 1 aromatic carbocycles. The van der Waals surface area contributed by atoms with E-state index in [4.69, 9.17) is 5.11 Å². The molecular formula is C12H16N2O3. The van der Waals surface area contributed by atoms with E-state index >= 15 is 0 Å². The number of carbonyl (C=O) groups is 2. The lowest BCUT2D eigenvalue weighted by Gasteiger charge is -2.13. The first-order chi connectivity index (χ1) is 8.08. The van der Waals surface area contributed by atoms with E-state index in [1.54, 1.807) is 24.1 Å². The van der Waals surface area contributed by atoms with E-state index in [0.29, 0.717) is 6.54 Å². The van der Waals surface area contributed by atoms with E-state index in [2.05, 4.69) is 5.32 Å². The number of benzene rings is 1. The highest BCUT2D eigenvalue weighted by molar-refractivity contribution is 5.90. The zero-order valence-electron chi connectivity index (χ0n) is 9.72. The zero-order valence-corrected chi connectivity index (χ0v) is 9.72. The van der Waals surface area contributed by atoms with E-state index in [-0.39, 0.29) is 18.9 Å². The van der Waals surface area contributed by atoms with Crippen molar-refractivity contribution in [2.24, 2.45) is 0 Å². The highest BCUT2D eigenvalue weighted by Crippen LogP contribution is 2.05. The number of para-hydroxylation sites is 1. The Morgan fingerprint density at radius 2 is 1.94 bits per heavy atom. The molecule has 1 rings (SSSR count). The summed E-state index contributed by atoms with van der Waals surface area (Å²) >= 11 is 0. The molecule has 0 heterocycles. The molecular weight excluding hydrogens is 220 g/mol. The third-order valence-corrected chi connectivity index (χ3v) is 2.18. The summed E-state index contributed by atoms with van der Waals surface area (Å²) in [5.74, 6) is -1.01. The Balaban J connectivity index is 2.28. The van der Waals surface area contributed by atoms with Crippen molar-refractivity contribution in [2.45, 2.75) is 6.42 Å².